The van der Waals surface area contributed by atoms with Crippen molar-refractivity contribution in [1.29, 1.82) is 10.5 Å². The molecule has 0 bridgehead atoms. The third kappa shape index (κ3) is 35.3. The lowest BCUT2D eigenvalue weighted by molar-refractivity contribution is -0.147. The van der Waals surface area contributed by atoms with Crippen molar-refractivity contribution in [3.05, 3.63) is 136 Å². The third-order valence-electron chi connectivity index (χ3n) is 16.9. The van der Waals surface area contributed by atoms with E-state index < -0.39 is 171 Å². The van der Waals surface area contributed by atoms with Crippen molar-refractivity contribution >= 4 is 336 Å². The summed E-state index contributed by atoms with van der Waals surface area (Å²) in [6, 6.07) is 8.09. The summed E-state index contributed by atoms with van der Waals surface area (Å²) in [6.07, 6.45) is 11.8. The van der Waals surface area contributed by atoms with Gasteiger partial charge in [0.25, 0.3) is 68.5 Å². The molecular weight excluding hydrogens is 2170 g/mol. The number of benzene rings is 1. The SMILES string of the molecule is C/C=C1/SC(=S)N(CCCP(=O)(O)O)C1=O.C/C=C1/SC(=S)N(CCP(=O)(O)O)C1=O.C/C=C1/SC(=S)N(CCS(=O)(=O)O)C1=O.C/C=C1/SC(=S)N(c2ccc(C(=O)O)cc2)C1=O.C/C=C1\C(=O)N(CC(=O)O)C(=S)N1CC(=O)O.C/C=c1/s/c(=C2\SC(=S)N(CC(=O)O)C2=O)n(CC(=O)O)c1=O.C/C=c1/sc(=C(C#N)C#N)n(CC(=O)O)c1=O.CC=C1C(=O)N(CC(=O)O)C(=O)N(CC(=O)O)C1=O. The Labute approximate surface area is 850 Å². The van der Waals surface area contributed by atoms with Crippen LogP contribution in [0, 0.1) is 22.7 Å². The number of hydrogen-bond donors (Lipinski definition) is 13. The standard InChI is InChI=1S/C12H10N2O6S3.C12H9NO3S2.C10H7N3O3S.C10H10N2O7.C9H10N2O5S.C8H12NO4PS2.C7H10NO4PS2.C7H9NO4S3/c1-2-5-9(19)13(3-6(15)16)11(22-5)8-10(20)14(4-7(17)18)12(21)23-8;1-2-9-10(14)13(12(17)18-9)8-5-3-7(4-6-8)11(15)16;1-2-7-9(16)13(5-8(14)15)10(17-7)6(3-11)4-12;1-2-5-8(17)11(3-6(13)14)10(19)12(9(5)18)4-7(15)16;1-2-5-8(16)11(4-7(14)15)9(17)10(5)3-6(12)13;1-2-6-7(10)9(8(15)16-6)4-3-5-14(11,12)13;1-2-5-6(9)8(7(14)15-5)3-4-13(10,11)12;1-2-5-6(9)8(7(13)14-5)3-4-15(10,11)12/h2H,3-4H2,1H3,(H,15,16)(H,17,18);2-6H,1H3,(H,15,16);2H,5H2,1H3,(H,14,15);2H,3-4H2,1H3,(H,13,14)(H,15,16);2H,3-4H2,1H3,(H,12,13)(H,14,15);2H,3-5H2,1H3,(H2,11,12,13);2H,3-4H2,1H3,(H2,10,11,12);2H,3-4H2,1H3,(H,10,11,12)/b5-2+,11-8-;9-2+;7-2+;;5-2+;6-2+;2*5-2+. The van der Waals surface area contributed by atoms with Crippen LogP contribution >= 0.6 is 170 Å². The lowest BCUT2D eigenvalue weighted by atomic mass is 10.1. The Kier molecular flexibility index (Phi) is 48.7. The smallest absolute Gasteiger partial charge is 0.335 e. The summed E-state index contributed by atoms with van der Waals surface area (Å²) in [4.78, 5) is 261. The minimum Gasteiger partial charge on any atom is -0.480 e. The normalized spacial score (nSPS) is 17.5. The second kappa shape index (κ2) is 55.6. The molecule has 0 atom stereocenters. The second-order valence-corrected chi connectivity index (χ2v) is 42.3. The van der Waals surface area contributed by atoms with Gasteiger partial charge in [0.05, 0.1) is 58.0 Å². The molecule has 0 unspecified atom stereocenters. The van der Waals surface area contributed by atoms with Crippen molar-refractivity contribution in [3.63, 3.8) is 0 Å². The minimum absolute atomic E-state index is 0.0354. The van der Waals surface area contributed by atoms with Crippen LogP contribution in [-0.4, -0.2) is 320 Å². The fourth-order valence-corrected chi connectivity index (χ4v) is 20.8. The van der Waals surface area contributed by atoms with Crippen LogP contribution in [0.1, 0.15) is 72.2 Å². The molecule has 2 aromatic heterocycles. The molecule has 9 heterocycles. The van der Waals surface area contributed by atoms with E-state index in [-0.39, 0.29) is 103 Å². The van der Waals surface area contributed by atoms with E-state index >= 15 is 0 Å². The molecule has 3 aromatic rings. The maximum atomic E-state index is 12.3. The molecule has 0 spiro atoms. The number of allylic oxidation sites excluding steroid dienone is 6. The number of carbonyl (C=O) groups excluding carboxylic acids is 9. The molecule has 7 saturated heterocycles. The topological polar surface area (TPSA) is 742 Å². The summed E-state index contributed by atoms with van der Waals surface area (Å²) in [6.45, 7) is 8.52. The molecule has 13 N–H and O–H groups in total. The fraction of sp³-hybridized carbons (Fsp3) is 0.293. The number of imide groups is 2. The van der Waals surface area contributed by atoms with Gasteiger partial charge in [0, 0.05) is 19.6 Å². The highest BCUT2D eigenvalue weighted by molar-refractivity contribution is 8.30. The number of aromatic nitrogens is 2. The third-order valence-corrected chi connectivity index (χ3v) is 29.7. The van der Waals surface area contributed by atoms with Gasteiger partial charge in [-0.05, 0) is 98.3 Å². The van der Waals surface area contributed by atoms with Gasteiger partial charge in [0.2, 0.25) is 0 Å². The largest absolute Gasteiger partial charge is 0.480 e. The molecule has 0 saturated carbocycles. The van der Waals surface area contributed by atoms with Crippen molar-refractivity contribution in [1.82, 2.24) is 48.3 Å². The maximum Gasteiger partial charge on any atom is 0.335 e. The van der Waals surface area contributed by atoms with Gasteiger partial charge in [0.15, 0.2) is 15.0 Å². The average Bonchev–Trinajstić information content (AvgIpc) is 1.33. The number of nitrogens with zero attached hydrogens (tertiary/aromatic N) is 13. The first-order valence-corrected chi connectivity index (χ1v) is 51.4. The Balaban J connectivity index is 0.000000413. The molecule has 140 heavy (non-hydrogen) atoms. The zero-order chi connectivity index (χ0) is 107. The Morgan fingerprint density at radius 1 is 0.407 bits per heavy atom. The van der Waals surface area contributed by atoms with Crippen LogP contribution in [0.2, 0.25) is 0 Å². The van der Waals surface area contributed by atoms with Gasteiger partial charge in [-0.1, -0.05) is 169 Å². The number of nitriles is 2. The number of thiazole rings is 2. The lowest BCUT2D eigenvalue weighted by Crippen LogP contribution is -2.58. The Hall–Kier alpha value is -11.5. The molecule has 752 valence electrons. The van der Waals surface area contributed by atoms with E-state index in [9.17, 15) is 109 Å². The number of carbonyl (C=O) groups is 17. The first-order chi connectivity index (χ1) is 65.1. The van der Waals surface area contributed by atoms with E-state index in [1.807, 2.05) is 0 Å². The number of amides is 10. The number of hydrogen-bond acceptors (Lipinski definition) is 38. The summed E-state index contributed by atoms with van der Waals surface area (Å²) in [5.41, 5.74) is -0.881. The van der Waals surface area contributed by atoms with Gasteiger partial charge in [-0.2, -0.15) is 18.9 Å². The number of aromatic carboxylic acids is 1. The number of barbiturate groups is 1. The predicted octanol–water partition coefficient (Wildman–Crippen LogP) is 1.76. The summed E-state index contributed by atoms with van der Waals surface area (Å²) < 4.78 is 55.2. The van der Waals surface area contributed by atoms with Gasteiger partial charge in [-0.15, -0.1) is 22.7 Å². The Morgan fingerprint density at radius 3 is 1.15 bits per heavy atom. The van der Waals surface area contributed by atoms with Crippen LogP contribution in [0.25, 0.3) is 22.6 Å². The van der Waals surface area contributed by atoms with Gasteiger partial charge in [-0.25, -0.2) is 19.4 Å². The quantitative estimate of drug-likeness (QED) is 0.0179. The van der Waals surface area contributed by atoms with Crippen molar-refractivity contribution in [3.8, 4) is 12.1 Å². The summed E-state index contributed by atoms with van der Waals surface area (Å²) in [5, 5.41) is 87.2. The van der Waals surface area contributed by atoms with Gasteiger partial charge < -0.3 is 65.3 Å². The van der Waals surface area contributed by atoms with Crippen LogP contribution in [0.3, 0.4) is 0 Å². The predicted molar refractivity (Wildman–Crippen MR) is 533 cm³/mol. The van der Waals surface area contributed by atoms with Crippen LogP contribution in [-0.2, 0) is 104 Å². The van der Waals surface area contributed by atoms with E-state index in [2.05, 4.69) is 0 Å². The molecule has 7 fully saturated rings. The molecule has 10 amide bonds. The van der Waals surface area contributed by atoms with E-state index in [0.717, 1.165) is 87.9 Å². The molecule has 7 aliphatic heterocycles. The molecule has 10 rings (SSSR count). The van der Waals surface area contributed by atoms with Crippen LogP contribution in [0.5, 0.6) is 0 Å². The van der Waals surface area contributed by atoms with Gasteiger partial charge >= 0.3 is 69.0 Å². The second-order valence-electron chi connectivity index (χ2n) is 26.4. The van der Waals surface area contributed by atoms with Crippen molar-refractivity contribution in [2.24, 2.45) is 0 Å². The van der Waals surface area contributed by atoms with E-state index in [4.69, 9.17) is 149 Å². The number of carboxylic acids is 8. The maximum absolute atomic E-state index is 12.3. The number of thioether (sulfide) groups is 5. The summed E-state index contributed by atoms with van der Waals surface area (Å²) >= 11 is 37.3. The first kappa shape index (κ1) is 123. The fourth-order valence-electron chi connectivity index (χ4n) is 10.7. The molecular formula is C75H77N13O36P2S14. The summed E-state index contributed by atoms with van der Waals surface area (Å²) in [7, 11) is -12.1. The highest BCUT2D eigenvalue weighted by Crippen LogP contribution is 2.40. The van der Waals surface area contributed by atoms with Crippen LogP contribution in [0.15, 0.2) is 101 Å². The molecule has 49 nitrogen and oxygen atoms in total. The molecule has 65 heteroatoms. The van der Waals surface area contributed by atoms with Crippen LogP contribution < -0.4 is 34.4 Å². The first-order valence-electron chi connectivity index (χ1n) is 38.1. The number of thiocarbonyl (C=S) groups is 6. The Bertz CT molecular complexity index is 6560. The van der Waals surface area contributed by atoms with Crippen molar-refractivity contribution in [2.75, 3.05) is 75.3 Å². The van der Waals surface area contributed by atoms with Gasteiger partial charge in [0.1, 0.15) is 101 Å². The van der Waals surface area contributed by atoms with Gasteiger partial charge in [-0.3, -0.25) is 134 Å². The van der Waals surface area contributed by atoms with Crippen LogP contribution in [0.4, 0.5) is 10.5 Å². The number of anilines is 1. The number of aliphatic carboxylic acids is 7. The molecule has 0 aliphatic carbocycles. The molecule has 7 aliphatic rings. The number of carboxylic acid groups (broad SMARTS) is 8. The highest BCUT2D eigenvalue weighted by atomic mass is 32.2. The molecule has 1 aromatic carbocycles. The van der Waals surface area contributed by atoms with E-state index in [1.165, 1.54) is 80.4 Å². The number of rotatable bonds is 26. The van der Waals surface area contributed by atoms with Crippen molar-refractivity contribution in [2.45, 2.75) is 74.9 Å². The van der Waals surface area contributed by atoms with E-state index in [1.54, 1.807) is 97.0 Å². The monoisotopic (exact) mass is 2250 g/mol. The summed E-state index contributed by atoms with van der Waals surface area (Å²) in [5.74, 6) is -14.7. The zero-order valence-electron chi connectivity index (χ0n) is 73.0. The minimum atomic E-state index is -4.08. The lowest BCUT2D eigenvalue weighted by Gasteiger charge is -2.31. The van der Waals surface area contributed by atoms with Crippen molar-refractivity contribution < 1.29 is 164 Å². The highest BCUT2D eigenvalue weighted by Gasteiger charge is 2.45. The average molecular weight is 2250 g/mol. The Morgan fingerprint density at radius 2 is 0.779 bits per heavy atom. The number of urea groups is 1. The zero-order valence-corrected chi connectivity index (χ0v) is 86.2. The van der Waals surface area contributed by atoms with E-state index in [0.29, 0.717) is 61.5 Å². The molecule has 0 radical (unpaired) electrons.